The summed E-state index contributed by atoms with van der Waals surface area (Å²) in [5.41, 5.74) is 0.949. The average molecular weight is 484 g/mol. The maximum atomic E-state index is 13.3. The van der Waals surface area contributed by atoms with Gasteiger partial charge in [0.1, 0.15) is 11.3 Å². The highest BCUT2D eigenvalue weighted by atomic mass is 35.5. The molecular formula is C25H19Cl2NO5. The average Bonchev–Trinajstić information content (AvgIpc) is 2.82. The van der Waals surface area contributed by atoms with E-state index in [1.807, 2.05) is 0 Å². The highest BCUT2D eigenvalue weighted by molar-refractivity contribution is 6.31. The molecule has 0 aliphatic rings. The molecule has 0 fully saturated rings. The molecule has 6 nitrogen and oxygen atoms in total. The molecule has 1 atom stereocenters. The van der Waals surface area contributed by atoms with Crippen LogP contribution < -0.4 is 20.2 Å². The number of methoxy groups -OCH3 is 1. The lowest BCUT2D eigenvalue weighted by atomic mass is 10.1. The first-order valence-corrected chi connectivity index (χ1v) is 10.8. The van der Waals surface area contributed by atoms with Gasteiger partial charge in [-0.3, -0.25) is 9.59 Å². The maximum absolute atomic E-state index is 13.3. The SMILES string of the molecule is COc1ccccc1NC(=O)C(C)Oc1c(-c2ccc(Cl)cc2)oc2ccc(Cl)cc2c1=O. The highest BCUT2D eigenvalue weighted by Crippen LogP contribution is 2.33. The Balaban J connectivity index is 1.74. The van der Waals surface area contributed by atoms with Gasteiger partial charge in [-0.25, -0.2) is 0 Å². The second kappa shape index (κ2) is 9.57. The van der Waals surface area contributed by atoms with Gasteiger partial charge in [0.2, 0.25) is 11.2 Å². The molecule has 0 bridgehead atoms. The third-order valence-corrected chi connectivity index (χ3v) is 5.43. The van der Waals surface area contributed by atoms with E-state index in [1.165, 1.54) is 20.1 Å². The van der Waals surface area contributed by atoms with Crippen molar-refractivity contribution in [1.82, 2.24) is 0 Å². The lowest BCUT2D eigenvalue weighted by molar-refractivity contribution is -0.122. The van der Waals surface area contributed by atoms with Crippen molar-refractivity contribution in [3.63, 3.8) is 0 Å². The van der Waals surface area contributed by atoms with Crippen molar-refractivity contribution >= 4 is 45.8 Å². The van der Waals surface area contributed by atoms with Crippen LogP contribution in [-0.4, -0.2) is 19.1 Å². The molecule has 1 N–H and O–H groups in total. The minimum absolute atomic E-state index is 0.102. The first-order valence-electron chi connectivity index (χ1n) is 10.00. The van der Waals surface area contributed by atoms with Gasteiger partial charge in [0.05, 0.1) is 18.2 Å². The molecule has 1 amide bonds. The van der Waals surface area contributed by atoms with E-state index < -0.39 is 17.4 Å². The molecule has 1 heterocycles. The number of ether oxygens (including phenoxy) is 2. The number of para-hydroxylation sites is 2. The van der Waals surface area contributed by atoms with E-state index in [2.05, 4.69) is 5.32 Å². The maximum Gasteiger partial charge on any atom is 0.265 e. The van der Waals surface area contributed by atoms with E-state index in [4.69, 9.17) is 37.1 Å². The van der Waals surface area contributed by atoms with E-state index in [0.717, 1.165) is 0 Å². The number of amides is 1. The van der Waals surface area contributed by atoms with Crippen molar-refractivity contribution in [2.75, 3.05) is 12.4 Å². The summed E-state index contributed by atoms with van der Waals surface area (Å²) in [6.07, 6.45) is -1.03. The fourth-order valence-electron chi connectivity index (χ4n) is 3.26. The molecule has 0 radical (unpaired) electrons. The zero-order valence-electron chi connectivity index (χ0n) is 17.7. The number of carbonyl (C=O) groups is 1. The van der Waals surface area contributed by atoms with Crippen molar-refractivity contribution in [3.05, 3.63) is 87.0 Å². The zero-order chi connectivity index (χ0) is 23.5. The standard InChI is InChI=1S/C25H19Cl2NO5/c1-14(25(30)28-19-5-3-4-6-21(19)31-2)32-24-22(29)18-13-17(27)11-12-20(18)33-23(24)15-7-9-16(26)10-8-15/h3-14H,1-2H3,(H,28,30). The predicted molar refractivity (Wildman–Crippen MR) is 130 cm³/mol. The monoisotopic (exact) mass is 483 g/mol. The van der Waals surface area contributed by atoms with Crippen LogP contribution in [0.4, 0.5) is 5.69 Å². The van der Waals surface area contributed by atoms with Crippen LogP contribution >= 0.6 is 23.2 Å². The number of benzene rings is 3. The number of rotatable bonds is 6. The lowest BCUT2D eigenvalue weighted by Crippen LogP contribution is -2.32. The van der Waals surface area contributed by atoms with Gasteiger partial charge in [0.25, 0.3) is 5.91 Å². The molecule has 4 rings (SSSR count). The number of hydrogen-bond donors (Lipinski definition) is 1. The zero-order valence-corrected chi connectivity index (χ0v) is 19.2. The number of anilines is 1. The topological polar surface area (TPSA) is 77.8 Å². The van der Waals surface area contributed by atoms with E-state index in [9.17, 15) is 9.59 Å². The van der Waals surface area contributed by atoms with Gasteiger partial charge < -0.3 is 19.2 Å². The van der Waals surface area contributed by atoms with Crippen LogP contribution in [-0.2, 0) is 4.79 Å². The summed E-state index contributed by atoms with van der Waals surface area (Å²) in [5.74, 6) is 0.116. The van der Waals surface area contributed by atoms with Crippen LogP contribution in [0.1, 0.15) is 6.92 Å². The summed E-state index contributed by atoms with van der Waals surface area (Å²) in [7, 11) is 1.51. The van der Waals surface area contributed by atoms with Crippen molar-refractivity contribution in [2.24, 2.45) is 0 Å². The van der Waals surface area contributed by atoms with Gasteiger partial charge in [-0.1, -0.05) is 35.3 Å². The summed E-state index contributed by atoms with van der Waals surface area (Å²) < 4.78 is 17.2. The fraction of sp³-hybridized carbons (Fsp3) is 0.120. The van der Waals surface area contributed by atoms with Crippen molar-refractivity contribution in [3.8, 4) is 22.8 Å². The highest BCUT2D eigenvalue weighted by Gasteiger charge is 2.24. The van der Waals surface area contributed by atoms with E-state index in [1.54, 1.807) is 60.7 Å². The van der Waals surface area contributed by atoms with Gasteiger partial charge >= 0.3 is 0 Å². The summed E-state index contributed by atoms with van der Waals surface area (Å²) in [5, 5.41) is 3.90. The Labute approximate surface area is 199 Å². The van der Waals surface area contributed by atoms with Crippen LogP contribution in [0.3, 0.4) is 0 Å². The molecule has 1 aromatic heterocycles. The Morgan fingerprint density at radius 1 is 1.00 bits per heavy atom. The predicted octanol–water partition coefficient (Wildman–Crippen LogP) is 6.18. The summed E-state index contributed by atoms with van der Waals surface area (Å²) >= 11 is 12.1. The van der Waals surface area contributed by atoms with Crippen molar-refractivity contribution in [1.29, 1.82) is 0 Å². The molecule has 168 valence electrons. The summed E-state index contributed by atoms with van der Waals surface area (Å²) in [6, 6.07) is 18.5. The summed E-state index contributed by atoms with van der Waals surface area (Å²) in [6.45, 7) is 1.54. The molecule has 0 aliphatic carbocycles. The Hall–Kier alpha value is -3.48. The number of hydrogen-bond acceptors (Lipinski definition) is 5. The van der Waals surface area contributed by atoms with E-state index in [0.29, 0.717) is 32.6 Å². The number of halogens is 2. The minimum atomic E-state index is -1.03. The largest absolute Gasteiger partial charge is 0.495 e. The third kappa shape index (κ3) is 4.82. The first kappa shape index (κ1) is 22.7. The normalized spacial score (nSPS) is 11.8. The van der Waals surface area contributed by atoms with Gasteiger partial charge in [-0.2, -0.15) is 0 Å². The van der Waals surface area contributed by atoms with Gasteiger partial charge in [0.15, 0.2) is 11.9 Å². The van der Waals surface area contributed by atoms with E-state index >= 15 is 0 Å². The summed E-state index contributed by atoms with van der Waals surface area (Å²) in [4.78, 5) is 26.2. The van der Waals surface area contributed by atoms with Gasteiger partial charge in [-0.05, 0) is 61.5 Å². The lowest BCUT2D eigenvalue weighted by Gasteiger charge is -2.18. The quantitative estimate of drug-likeness (QED) is 0.354. The Morgan fingerprint density at radius 3 is 2.42 bits per heavy atom. The second-order valence-corrected chi connectivity index (χ2v) is 8.06. The molecule has 33 heavy (non-hydrogen) atoms. The molecule has 1 unspecified atom stereocenters. The van der Waals surface area contributed by atoms with Crippen LogP contribution in [0.15, 0.2) is 75.9 Å². The fourth-order valence-corrected chi connectivity index (χ4v) is 3.56. The Kier molecular flexibility index (Phi) is 6.58. The minimum Gasteiger partial charge on any atom is -0.495 e. The van der Waals surface area contributed by atoms with Gasteiger partial charge in [-0.15, -0.1) is 0 Å². The molecular weight excluding hydrogens is 465 g/mol. The molecule has 3 aromatic carbocycles. The first-order chi connectivity index (χ1) is 15.9. The number of carbonyl (C=O) groups excluding carboxylic acids is 1. The Bertz CT molecular complexity index is 1380. The van der Waals surface area contributed by atoms with Crippen molar-refractivity contribution in [2.45, 2.75) is 13.0 Å². The molecule has 0 saturated carbocycles. The van der Waals surface area contributed by atoms with Crippen molar-refractivity contribution < 1.29 is 18.7 Å². The molecule has 0 spiro atoms. The number of nitrogens with one attached hydrogen (secondary N) is 1. The van der Waals surface area contributed by atoms with Crippen LogP contribution in [0.25, 0.3) is 22.3 Å². The van der Waals surface area contributed by atoms with E-state index in [-0.39, 0.29) is 16.9 Å². The van der Waals surface area contributed by atoms with Gasteiger partial charge in [0, 0.05) is 15.6 Å². The molecule has 4 aromatic rings. The van der Waals surface area contributed by atoms with Crippen LogP contribution in [0.5, 0.6) is 11.5 Å². The molecule has 8 heteroatoms. The second-order valence-electron chi connectivity index (χ2n) is 7.19. The third-order valence-electron chi connectivity index (χ3n) is 4.95. The van der Waals surface area contributed by atoms with Crippen LogP contribution in [0.2, 0.25) is 10.0 Å². The molecule has 0 aliphatic heterocycles. The van der Waals surface area contributed by atoms with Crippen LogP contribution in [0, 0.1) is 0 Å². The molecule has 0 saturated heterocycles. The number of fused-ring (bicyclic) bond motifs is 1. The smallest absolute Gasteiger partial charge is 0.265 e. The Morgan fingerprint density at radius 2 is 1.70 bits per heavy atom.